The summed E-state index contributed by atoms with van der Waals surface area (Å²) in [6, 6.07) is 11.5. The molecule has 0 N–H and O–H groups in total. The Morgan fingerprint density at radius 1 is 1.00 bits per heavy atom. The van der Waals surface area contributed by atoms with Crippen molar-refractivity contribution in [1.29, 1.82) is 5.26 Å². The summed E-state index contributed by atoms with van der Waals surface area (Å²) in [4.78, 5) is 7.21. The van der Waals surface area contributed by atoms with Crippen molar-refractivity contribution in [2.45, 2.75) is 56.8 Å². The molecule has 1 aromatic heterocycles. The van der Waals surface area contributed by atoms with Crippen molar-refractivity contribution < 1.29 is 8.42 Å². The number of benzene rings is 1. The van der Waals surface area contributed by atoms with Crippen molar-refractivity contribution in [1.82, 2.24) is 9.29 Å². The van der Waals surface area contributed by atoms with Gasteiger partial charge in [0.15, 0.2) is 0 Å². The second-order valence-electron chi connectivity index (χ2n) is 9.45. The lowest BCUT2D eigenvalue weighted by Crippen LogP contribution is -2.49. The zero-order valence-corrected chi connectivity index (χ0v) is 19.4. The van der Waals surface area contributed by atoms with E-state index in [9.17, 15) is 13.7 Å². The van der Waals surface area contributed by atoms with Crippen LogP contribution in [0.15, 0.2) is 35.2 Å². The van der Waals surface area contributed by atoms with Gasteiger partial charge in [-0.1, -0.05) is 32.9 Å². The molecular formula is C24H30N4O2S. The van der Waals surface area contributed by atoms with E-state index in [4.69, 9.17) is 4.98 Å². The van der Waals surface area contributed by atoms with E-state index in [1.165, 1.54) is 5.56 Å². The first-order valence-corrected chi connectivity index (χ1v) is 12.4. The first kappa shape index (κ1) is 21.8. The average Bonchev–Trinajstić information content (AvgIpc) is 2.77. The van der Waals surface area contributed by atoms with E-state index in [0.717, 1.165) is 36.9 Å². The molecule has 6 nitrogen and oxygen atoms in total. The molecule has 2 heterocycles. The van der Waals surface area contributed by atoms with E-state index in [-0.39, 0.29) is 5.41 Å². The predicted molar refractivity (Wildman–Crippen MR) is 122 cm³/mol. The van der Waals surface area contributed by atoms with Crippen molar-refractivity contribution in [2.24, 2.45) is 0 Å². The average molecular weight is 439 g/mol. The molecule has 2 aromatic rings. The zero-order valence-electron chi connectivity index (χ0n) is 18.6. The minimum Gasteiger partial charge on any atom is -0.353 e. The van der Waals surface area contributed by atoms with Gasteiger partial charge in [0, 0.05) is 31.9 Å². The van der Waals surface area contributed by atoms with Crippen LogP contribution in [0.4, 0.5) is 5.82 Å². The molecule has 0 spiro atoms. The van der Waals surface area contributed by atoms with Crippen LogP contribution < -0.4 is 4.90 Å². The van der Waals surface area contributed by atoms with Crippen LogP contribution in [0.2, 0.25) is 0 Å². The van der Waals surface area contributed by atoms with Gasteiger partial charge in [-0.15, -0.1) is 0 Å². The maximum atomic E-state index is 13.1. The number of anilines is 1. The van der Waals surface area contributed by atoms with Gasteiger partial charge in [0.05, 0.1) is 10.5 Å². The fourth-order valence-electron chi connectivity index (χ4n) is 4.36. The van der Waals surface area contributed by atoms with Gasteiger partial charge < -0.3 is 4.90 Å². The quantitative estimate of drug-likeness (QED) is 0.731. The number of nitriles is 1. The van der Waals surface area contributed by atoms with Gasteiger partial charge in [-0.05, 0) is 60.4 Å². The van der Waals surface area contributed by atoms with E-state index in [1.807, 2.05) is 18.2 Å². The van der Waals surface area contributed by atoms with Crippen LogP contribution in [0.3, 0.4) is 0 Å². The standard InChI is InChI=1S/C24H30N4O2S/c1-24(2,3)20-8-10-21(11-9-20)31(29,30)28-14-12-27(13-15-28)23-19(17-25)16-18-6-4-5-7-22(18)26-23/h8-11,16H,4-7,12-15H2,1-3H3. The van der Waals surface area contributed by atoms with Crippen LogP contribution in [0, 0.1) is 11.3 Å². The smallest absolute Gasteiger partial charge is 0.243 e. The van der Waals surface area contributed by atoms with Crippen molar-refractivity contribution >= 4 is 15.8 Å². The van der Waals surface area contributed by atoms with Crippen molar-refractivity contribution in [3.63, 3.8) is 0 Å². The van der Waals surface area contributed by atoms with Crippen LogP contribution in [0.1, 0.15) is 56.0 Å². The number of pyridine rings is 1. The fraction of sp³-hybridized carbons (Fsp3) is 0.500. The van der Waals surface area contributed by atoms with Gasteiger partial charge in [0.1, 0.15) is 11.9 Å². The van der Waals surface area contributed by atoms with E-state index in [2.05, 4.69) is 31.7 Å². The van der Waals surface area contributed by atoms with Crippen molar-refractivity contribution in [3.05, 3.63) is 52.7 Å². The van der Waals surface area contributed by atoms with Crippen molar-refractivity contribution in [2.75, 3.05) is 31.1 Å². The number of hydrogen-bond acceptors (Lipinski definition) is 5. The number of fused-ring (bicyclic) bond motifs is 1. The molecule has 31 heavy (non-hydrogen) atoms. The Morgan fingerprint density at radius 2 is 1.65 bits per heavy atom. The van der Waals surface area contributed by atoms with Gasteiger partial charge in [-0.3, -0.25) is 0 Å². The van der Waals surface area contributed by atoms with Crippen molar-refractivity contribution in [3.8, 4) is 6.07 Å². The second kappa shape index (κ2) is 8.25. The minimum absolute atomic E-state index is 0.0196. The fourth-order valence-corrected chi connectivity index (χ4v) is 5.78. The Bertz CT molecular complexity index is 1100. The molecule has 0 saturated carbocycles. The van der Waals surface area contributed by atoms with Gasteiger partial charge in [0.2, 0.25) is 10.0 Å². The summed E-state index contributed by atoms with van der Waals surface area (Å²) in [5.74, 6) is 0.703. The van der Waals surface area contributed by atoms with Crippen LogP contribution in [0.25, 0.3) is 0 Å². The molecule has 0 atom stereocenters. The first-order valence-electron chi connectivity index (χ1n) is 11.0. The number of aromatic nitrogens is 1. The van der Waals surface area contributed by atoms with E-state index in [0.29, 0.717) is 42.5 Å². The molecule has 1 aliphatic carbocycles. The first-order chi connectivity index (χ1) is 14.7. The normalized spacial score (nSPS) is 17.8. The monoisotopic (exact) mass is 438 g/mol. The summed E-state index contributed by atoms with van der Waals surface area (Å²) in [5.41, 5.74) is 3.96. The molecule has 164 valence electrons. The molecule has 2 aliphatic rings. The summed E-state index contributed by atoms with van der Waals surface area (Å²) in [5, 5.41) is 9.64. The Morgan fingerprint density at radius 3 is 2.26 bits per heavy atom. The third kappa shape index (κ3) is 4.32. The van der Waals surface area contributed by atoms with Crippen LogP contribution in [0.5, 0.6) is 0 Å². The number of rotatable bonds is 3. The maximum Gasteiger partial charge on any atom is 0.243 e. The van der Waals surface area contributed by atoms with Crippen LogP contribution >= 0.6 is 0 Å². The highest BCUT2D eigenvalue weighted by atomic mass is 32.2. The SMILES string of the molecule is CC(C)(C)c1ccc(S(=O)(=O)N2CCN(c3nc4c(cc3C#N)CCCC4)CC2)cc1. The summed E-state index contributed by atoms with van der Waals surface area (Å²) < 4.78 is 27.8. The number of nitrogens with zero attached hydrogens (tertiary/aromatic N) is 4. The lowest BCUT2D eigenvalue weighted by atomic mass is 9.87. The van der Waals surface area contributed by atoms with E-state index < -0.39 is 10.0 Å². The largest absolute Gasteiger partial charge is 0.353 e. The maximum absolute atomic E-state index is 13.1. The Labute approximate surface area is 185 Å². The highest BCUT2D eigenvalue weighted by Gasteiger charge is 2.30. The molecule has 1 aliphatic heterocycles. The number of piperazine rings is 1. The number of sulfonamides is 1. The van der Waals surface area contributed by atoms with Crippen LogP contribution in [-0.2, 0) is 28.3 Å². The minimum atomic E-state index is -3.54. The van der Waals surface area contributed by atoms with E-state index >= 15 is 0 Å². The van der Waals surface area contributed by atoms with Gasteiger partial charge >= 0.3 is 0 Å². The molecule has 0 amide bonds. The summed E-state index contributed by atoms with van der Waals surface area (Å²) in [6.45, 7) is 8.15. The number of aryl methyl sites for hydroxylation is 2. The second-order valence-corrected chi connectivity index (χ2v) is 11.4. The highest BCUT2D eigenvalue weighted by Crippen LogP contribution is 2.29. The molecule has 0 bridgehead atoms. The number of hydrogen-bond donors (Lipinski definition) is 0. The molecule has 4 rings (SSSR count). The van der Waals surface area contributed by atoms with Crippen LogP contribution in [-0.4, -0.2) is 43.9 Å². The topological polar surface area (TPSA) is 77.3 Å². The highest BCUT2D eigenvalue weighted by molar-refractivity contribution is 7.89. The molecule has 1 fully saturated rings. The molecule has 0 unspecified atom stereocenters. The van der Waals surface area contributed by atoms with E-state index in [1.54, 1.807) is 16.4 Å². The van der Waals surface area contributed by atoms with Gasteiger partial charge in [0.25, 0.3) is 0 Å². The molecular weight excluding hydrogens is 408 g/mol. The molecule has 1 saturated heterocycles. The van der Waals surface area contributed by atoms with Gasteiger partial charge in [-0.25, -0.2) is 13.4 Å². The Kier molecular flexibility index (Phi) is 5.80. The Balaban J connectivity index is 1.50. The predicted octanol–water partition coefficient (Wildman–Crippen LogP) is 3.64. The summed E-state index contributed by atoms with van der Waals surface area (Å²) in [7, 11) is -3.54. The Hall–Kier alpha value is -2.43. The molecule has 0 radical (unpaired) electrons. The third-order valence-corrected chi connectivity index (χ3v) is 8.21. The molecule has 7 heteroatoms. The lowest BCUT2D eigenvalue weighted by Gasteiger charge is -2.35. The lowest BCUT2D eigenvalue weighted by molar-refractivity contribution is 0.383. The summed E-state index contributed by atoms with van der Waals surface area (Å²) in [6.07, 6.45) is 4.21. The van der Waals surface area contributed by atoms with Gasteiger partial charge in [-0.2, -0.15) is 9.57 Å². The zero-order chi connectivity index (χ0) is 22.2. The third-order valence-electron chi connectivity index (χ3n) is 6.30. The summed E-state index contributed by atoms with van der Waals surface area (Å²) >= 11 is 0. The molecule has 1 aromatic carbocycles.